The van der Waals surface area contributed by atoms with E-state index in [2.05, 4.69) is 18.1 Å². The number of hydrogen-bond donors (Lipinski definition) is 2. The molecule has 0 aliphatic heterocycles. The van der Waals surface area contributed by atoms with E-state index in [0.29, 0.717) is 6.42 Å². The maximum absolute atomic E-state index is 10.4. The Hall–Kier alpha value is -1.77. The summed E-state index contributed by atoms with van der Waals surface area (Å²) in [5, 5.41) is 8.53. The predicted octanol–water partition coefficient (Wildman–Crippen LogP) is 2.71. The van der Waals surface area contributed by atoms with Crippen LogP contribution in [0.5, 0.6) is 0 Å². The zero-order chi connectivity index (χ0) is 11.3. The van der Waals surface area contributed by atoms with E-state index in [1.54, 1.807) is 12.2 Å². The molecule has 0 fully saturated rings. The van der Waals surface area contributed by atoms with Gasteiger partial charge in [0.05, 0.1) is 0 Å². The maximum atomic E-state index is 10.4. The third kappa shape index (κ3) is 2.84. The summed E-state index contributed by atoms with van der Waals surface area (Å²) in [5.41, 5.74) is 3.06. The van der Waals surface area contributed by atoms with Crippen LogP contribution in [0, 0.1) is 0 Å². The average Bonchev–Trinajstić information content (AvgIpc) is 2.59. The second kappa shape index (κ2) is 5.20. The van der Waals surface area contributed by atoms with Gasteiger partial charge >= 0.3 is 5.97 Å². The molecule has 3 heteroatoms. The van der Waals surface area contributed by atoms with Crippen molar-refractivity contribution in [1.29, 1.82) is 0 Å². The van der Waals surface area contributed by atoms with E-state index in [-0.39, 0.29) is 6.42 Å². The molecular weight excluding hydrogens is 190 g/mol. The van der Waals surface area contributed by atoms with Gasteiger partial charge in [-0.05, 0) is 24.5 Å². The number of carboxylic acid groups (broad SMARTS) is 1. The van der Waals surface area contributed by atoms with E-state index in [1.165, 1.54) is 0 Å². The molecule has 0 bridgehead atoms. The van der Waals surface area contributed by atoms with Gasteiger partial charge in [0.25, 0.3) is 0 Å². The van der Waals surface area contributed by atoms with E-state index in [9.17, 15) is 4.79 Å². The molecule has 0 spiro atoms. The molecule has 0 aliphatic carbocycles. The Kier molecular flexibility index (Phi) is 3.92. The van der Waals surface area contributed by atoms with Crippen molar-refractivity contribution in [1.82, 2.24) is 4.98 Å². The smallest absolute Gasteiger partial charge is 0.303 e. The molecule has 0 atom stereocenters. The maximum Gasteiger partial charge on any atom is 0.303 e. The first kappa shape index (κ1) is 11.3. The van der Waals surface area contributed by atoms with Gasteiger partial charge in [-0.2, -0.15) is 0 Å². The summed E-state index contributed by atoms with van der Waals surface area (Å²) in [6.07, 6.45) is 6.98. The fourth-order valence-corrected chi connectivity index (χ4v) is 1.54. The molecule has 2 N–H and O–H groups in total. The van der Waals surface area contributed by atoms with Gasteiger partial charge in [-0.15, -0.1) is 0 Å². The standard InChI is InChI=1S/C12H15NO2/c1-3-10-9(6-5-7-12(14)15)8-13-11(10)4-2/h3-4,8,13H,1-2,5-7H2,(H,14,15). The van der Waals surface area contributed by atoms with Gasteiger partial charge in [-0.1, -0.05) is 19.2 Å². The van der Waals surface area contributed by atoms with Crippen molar-refractivity contribution in [3.05, 3.63) is 36.2 Å². The topological polar surface area (TPSA) is 53.1 Å². The van der Waals surface area contributed by atoms with Crippen LogP contribution in [0.2, 0.25) is 0 Å². The molecule has 0 amide bonds. The van der Waals surface area contributed by atoms with Crippen LogP contribution < -0.4 is 0 Å². The molecule has 0 saturated heterocycles. The molecule has 80 valence electrons. The van der Waals surface area contributed by atoms with Gasteiger partial charge in [0.2, 0.25) is 0 Å². The Bertz CT molecular complexity index is 377. The third-order valence-corrected chi connectivity index (χ3v) is 2.28. The van der Waals surface area contributed by atoms with Gasteiger partial charge in [-0.25, -0.2) is 0 Å². The summed E-state index contributed by atoms with van der Waals surface area (Å²) in [7, 11) is 0. The van der Waals surface area contributed by atoms with E-state index >= 15 is 0 Å². The number of rotatable bonds is 6. The van der Waals surface area contributed by atoms with Crippen molar-refractivity contribution in [2.75, 3.05) is 0 Å². The Labute approximate surface area is 89.1 Å². The molecule has 0 aromatic carbocycles. The number of H-pyrrole nitrogens is 1. The number of carboxylic acids is 1. The first-order chi connectivity index (χ1) is 7.19. The molecular formula is C12H15NO2. The van der Waals surface area contributed by atoms with Gasteiger partial charge in [0.1, 0.15) is 0 Å². The lowest BCUT2D eigenvalue weighted by molar-refractivity contribution is -0.137. The van der Waals surface area contributed by atoms with Crippen LogP contribution in [0.4, 0.5) is 0 Å². The van der Waals surface area contributed by atoms with Crippen LogP contribution in [0.1, 0.15) is 29.7 Å². The number of aryl methyl sites for hydroxylation is 1. The second-order valence-electron chi connectivity index (χ2n) is 3.30. The lowest BCUT2D eigenvalue weighted by Gasteiger charge is -1.99. The average molecular weight is 205 g/mol. The van der Waals surface area contributed by atoms with Crippen LogP contribution in [-0.4, -0.2) is 16.1 Å². The number of hydrogen-bond acceptors (Lipinski definition) is 1. The molecule has 15 heavy (non-hydrogen) atoms. The van der Waals surface area contributed by atoms with E-state index < -0.39 is 5.97 Å². The molecule has 1 heterocycles. The van der Waals surface area contributed by atoms with Crippen molar-refractivity contribution >= 4 is 18.1 Å². The van der Waals surface area contributed by atoms with Crippen LogP contribution in [0.25, 0.3) is 12.2 Å². The summed E-state index contributed by atoms with van der Waals surface area (Å²) in [6, 6.07) is 0. The number of nitrogens with one attached hydrogen (secondary N) is 1. The normalized spacial score (nSPS) is 9.87. The van der Waals surface area contributed by atoms with Gasteiger partial charge < -0.3 is 10.1 Å². The Morgan fingerprint density at radius 2 is 2.20 bits per heavy atom. The van der Waals surface area contributed by atoms with Gasteiger partial charge in [0.15, 0.2) is 0 Å². The molecule has 0 unspecified atom stereocenters. The van der Waals surface area contributed by atoms with Crippen molar-refractivity contribution in [3.8, 4) is 0 Å². The highest BCUT2D eigenvalue weighted by Crippen LogP contribution is 2.18. The minimum absolute atomic E-state index is 0.200. The van der Waals surface area contributed by atoms with Crippen molar-refractivity contribution in [2.24, 2.45) is 0 Å². The summed E-state index contributed by atoms with van der Waals surface area (Å²) in [5.74, 6) is -0.755. The van der Waals surface area contributed by atoms with Crippen molar-refractivity contribution in [3.63, 3.8) is 0 Å². The summed E-state index contributed by atoms with van der Waals surface area (Å²) >= 11 is 0. The Morgan fingerprint density at radius 3 is 2.73 bits per heavy atom. The molecule has 3 nitrogen and oxygen atoms in total. The second-order valence-corrected chi connectivity index (χ2v) is 3.30. The lowest BCUT2D eigenvalue weighted by Crippen LogP contribution is -1.96. The largest absolute Gasteiger partial charge is 0.481 e. The van der Waals surface area contributed by atoms with Crippen LogP contribution >= 0.6 is 0 Å². The van der Waals surface area contributed by atoms with Crippen molar-refractivity contribution < 1.29 is 9.90 Å². The quantitative estimate of drug-likeness (QED) is 0.750. The fourth-order valence-electron chi connectivity index (χ4n) is 1.54. The highest BCUT2D eigenvalue weighted by atomic mass is 16.4. The zero-order valence-electron chi connectivity index (χ0n) is 8.62. The first-order valence-corrected chi connectivity index (χ1v) is 4.86. The Morgan fingerprint density at radius 1 is 1.47 bits per heavy atom. The lowest BCUT2D eigenvalue weighted by atomic mass is 10.1. The highest BCUT2D eigenvalue weighted by Gasteiger charge is 2.06. The molecule has 0 saturated carbocycles. The fraction of sp³-hybridized carbons (Fsp3) is 0.250. The molecule has 1 rings (SSSR count). The molecule has 0 radical (unpaired) electrons. The first-order valence-electron chi connectivity index (χ1n) is 4.86. The number of aliphatic carboxylic acids is 1. The Balaban J connectivity index is 2.68. The third-order valence-electron chi connectivity index (χ3n) is 2.28. The number of aromatic amines is 1. The molecule has 0 aliphatic rings. The van der Waals surface area contributed by atoms with Gasteiger partial charge in [0, 0.05) is 23.9 Å². The van der Waals surface area contributed by atoms with E-state index in [1.807, 2.05) is 6.20 Å². The molecule has 1 aromatic rings. The number of carbonyl (C=O) groups is 1. The summed E-state index contributed by atoms with van der Waals surface area (Å²) < 4.78 is 0. The summed E-state index contributed by atoms with van der Waals surface area (Å²) in [4.78, 5) is 13.4. The molecule has 1 aromatic heterocycles. The highest BCUT2D eigenvalue weighted by molar-refractivity contribution is 5.67. The van der Waals surface area contributed by atoms with E-state index in [4.69, 9.17) is 5.11 Å². The van der Waals surface area contributed by atoms with Crippen molar-refractivity contribution in [2.45, 2.75) is 19.3 Å². The van der Waals surface area contributed by atoms with Crippen LogP contribution in [-0.2, 0) is 11.2 Å². The van der Waals surface area contributed by atoms with Gasteiger partial charge in [-0.3, -0.25) is 4.79 Å². The number of aromatic nitrogens is 1. The summed E-state index contributed by atoms with van der Waals surface area (Å²) in [6.45, 7) is 7.42. The predicted molar refractivity (Wildman–Crippen MR) is 61.5 cm³/mol. The van der Waals surface area contributed by atoms with Crippen LogP contribution in [0.15, 0.2) is 19.4 Å². The monoisotopic (exact) mass is 205 g/mol. The van der Waals surface area contributed by atoms with E-state index in [0.717, 1.165) is 23.2 Å². The zero-order valence-corrected chi connectivity index (χ0v) is 8.62. The van der Waals surface area contributed by atoms with Crippen LogP contribution in [0.3, 0.4) is 0 Å². The minimum Gasteiger partial charge on any atom is -0.481 e. The SMILES string of the molecule is C=Cc1[nH]cc(CCCC(=O)O)c1C=C. The minimum atomic E-state index is -0.755.